The lowest BCUT2D eigenvalue weighted by Crippen LogP contribution is -2.37. The first kappa shape index (κ1) is 18.9. The van der Waals surface area contributed by atoms with Crippen LogP contribution in [0.5, 0.6) is 0 Å². The number of ether oxygens (including phenoxy) is 1. The molecule has 0 spiro atoms. The van der Waals surface area contributed by atoms with Crippen molar-refractivity contribution in [2.24, 2.45) is 0 Å². The highest BCUT2D eigenvalue weighted by molar-refractivity contribution is 6.30. The molecule has 0 saturated heterocycles. The molecule has 6 heteroatoms. The Kier molecular flexibility index (Phi) is 6.53. The molecule has 2 aromatic carbocycles. The SMILES string of the molecule is C[C@H](OC(=O)c1ccc(Cl)cc1F)C(=O)NC[C@H](C)c1ccccc1. The van der Waals surface area contributed by atoms with Gasteiger partial charge in [0.15, 0.2) is 6.10 Å². The van der Waals surface area contributed by atoms with Crippen LogP contribution < -0.4 is 5.32 Å². The minimum Gasteiger partial charge on any atom is -0.449 e. The van der Waals surface area contributed by atoms with Gasteiger partial charge in [0.05, 0.1) is 5.56 Å². The van der Waals surface area contributed by atoms with Crippen LogP contribution in [0.2, 0.25) is 5.02 Å². The third-order valence-electron chi connectivity index (χ3n) is 3.76. The highest BCUT2D eigenvalue weighted by Gasteiger charge is 2.21. The second-order valence-corrected chi connectivity index (χ2v) is 6.17. The molecule has 0 radical (unpaired) electrons. The van der Waals surface area contributed by atoms with Crippen molar-refractivity contribution in [2.45, 2.75) is 25.9 Å². The van der Waals surface area contributed by atoms with Gasteiger partial charge >= 0.3 is 5.97 Å². The number of rotatable bonds is 6. The monoisotopic (exact) mass is 363 g/mol. The molecule has 1 amide bonds. The van der Waals surface area contributed by atoms with Crippen molar-refractivity contribution >= 4 is 23.5 Å². The van der Waals surface area contributed by atoms with Crippen LogP contribution in [0.15, 0.2) is 48.5 Å². The van der Waals surface area contributed by atoms with E-state index in [-0.39, 0.29) is 16.5 Å². The van der Waals surface area contributed by atoms with Gasteiger partial charge in [-0.05, 0) is 36.6 Å². The summed E-state index contributed by atoms with van der Waals surface area (Å²) in [6.07, 6.45) is -1.04. The van der Waals surface area contributed by atoms with Gasteiger partial charge in [0.2, 0.25) is 0 Å². The molecule has 2 aromatic rings. The fourth-order valence-corrected chi connectivity index (χ4v) is 2.39. The van der Waals surface area contributed by atoms with E-state index in [1.807, 2.05) is 37.3 Å². The topological polar surface area (TPSA) is 55.4 Å². The van der Waals surface area contributed by atoms with Crippen LogP contribution >= 0.6 is 11.6 Å². The molecule has 0 aromatic heterocycles. The molecule has 0 fully saturated rings. The maximum atomic E-state index is 13.7. The maximum absolute atomic E-state index is 13.7. The Morgan fingerprint density at radius 1 is 1.16 bits per heavy atom. The Hall–Kier alpha value is -2.40. The van der Waals surface area contributed by atoms with Gasteiger partial charge in [0.1, 0.15) is 5.82 Å². The molecule has 0 bridgehead atoms. The van der Waals surface area contributed by atoms with Crippen LogP contribution in [0, 0.1) is 5.82 Å². The summed E-state index contributed by atoms with van der Waals surface area (Å²) in [4.78, 5) is 24.0. The zero-order chi connectivity index (χ0) is 18.4. The predicted octanol–water partition coefficient (Wildman–Crippen LogP) is 3.94. The quantitative estimate of drug-likeness (QED) is 0.791. The van der Waals surface area contributed by atoms with E-state index in [9.17, 15) is 14.0 Å². The van der Waals surface area contributed by atoms with Crippen molar-refractivity contribution in [1.82, 2.24) is 5.32 Å². The van der Waals surface area contributed by atoms with E-state index in [2.05, 4.69) is 5.32 Å². The van der Waals surface area contributed by atoms with E-state index in [4.69, 9.17) is 16.3 Å². The van der Waals surface area contributed by atoms with E-state index in [0.717, 1.165) is 11.6 Å². The number of hydrogen-bond acceptors (Lipinski definition) is 3. The van der Waals surface area contributed by atoms with E-state index in [1.54, 1.807) is 0 Å². The number of benzene rings is 2. The fraction of sp³-hybridized carbons (Fsp3) is 0.263. The zero-order valence-corrected chi connectivity index (χ0v) is 14.7. The number of esters is 1. The van der Waals surface area contributed by atoms with Gasteiger partial charge in [0, 0.05) is 11.6 Å². The zero-order valence-electron chi connectivity index (χ0n) is 14.0. The smallest absolute Gasteiger partial charge is 0.341 e. The highest BCUT2D eigenvalue weighted by Crippen LogP contribution is 2.16. The number of hydrogen-bond donors (Lipinski definition) is 1. The van der Waals surface area contributed by atoms with Crippen molar-refractivity contribution in [3.05, 3.63) is 70.5 Å². The van der Waals surface area contributed by atoms with Crippen LogP contribution in [0.1, 0.15) is 35.7 Å². The molecular formula is C19H19ClFNO3. The van der Waals surface area contributed by atoms with Crippen molar-refractivity contribution in [3.8, 4) is 0 Å². The van der Waals surface area contributed by atoms with Gasteiger partial charge in [-0.2, -0.15) is 0 Å². The molecule has 1 N–H and O–H groups in total. The molecule has 25 heavy (non-hydrogen) atoms. The van der Waals surface area contributed by atoms with Crippen LogP contribution in [-0.4, -0.2) is 24.5 Å². The van der Waals surface area contributed by atoms with Crippen LogP contribution in [0.3, 0.4) is 0 Å². The van der Waals surface area contributed by atoms with E-state index >= 15 is 0 Å². The molecule has 0 heterocycles. The summed E-state index contributed by atoms with van der Waals surface area (Å²) >= 11 is 5.64. The molecule has 0 unspecified atom stereocenters. The number of halogens is 2. The lowest BCUT2D eigenvalue weighted by molar-refractivity contribution is -0.129. The lowest BCUT2D eigenvalue weighted by atomic mass is 10.0. The van der Waals surface area contributed by atoms with Gasteiger partial charge in [-0.1, -0.05) is 48.9 Å². The minimum atomic E-state index is -1.04. The molecule has 132 valence electrons. The Balaban J connectivity index is 1.88. The Bertz CT molecular complexity index is 752. The average Bonchev–Trinajstić information content (AvgIpc) is 2.59. The average molecular weight is 364 g/mol. The van der Waals surface area contributed by atoms with E-state index in [1.165, 1.54) is 19.1 Å². The largest absolute Gasteiger partial charge is 0.449 e. The third kappa shape index (κ3) is 5.29. The molecular weight excluding hydrogens is 345 g/mol. The number of carbonyl (C=O) groups is 2. The Morgan fingerprint density at radius 3 is 2.48 bits per heavy atom. The van der Waals surface area contributed by atoms with Gasteiger partial charge in [0.25, 0.3) is 5.91 Å². The first-order chi connectivity index (χ1) is 11.9. The first-order valence-corrected chi connectivity index (χ1v) is 8.25. The van der Waals surface area contributed by atoms with Crippen LogP contribution in [-0.2, 0) is 9.53 Å². The van der Waals surface area contributed by atoms with Gasteiger partial charge < -0.3 is 10.1 Å². The van der Waals surface area contributed by atoms with Crippen molar-refractivity contribution in [1.29, 1.82) is 0 Å². The van der Waals surface area contributed by atoms with E-state index < -0.39 is 23.8 Å². The van der Waals surface area contributed by atoms with Gasteiger partial charge in [-0.15, -0.1) is 0 Å². The lowest BCUT2D eigenvalue weighted by Gasteiger charge is -2.17. The number of carbonyl (C=O) groups excluding carboxylic acids is 2. The van der Waals surface area contributed by atoms with Crippen molar-refractivity contribution in [3.63, 3.8) is 0 Å². The molecule has 0 aliphatic heterocycles. The molecule has 0 aliphatic carbocycles. The highest BCUT2D eigenvalue weighted by atomic mass is 35.5. The molecule has 4 nitrogen and oxygen atoms in total. The maximum Gasteiger partial charge on any atom is 0.341 e. The Morgan fingerprint density at radius 2 is 1.84 bits per heavy atom. The third-order valence-corrected chi connectivity index (χ3v) is 3.99. The summed E-state index contributed by atoms with van der Waals surface area (Å²) in [6.45, 7) is 3.82. The Labute approximate surface area is 150 Å². The molecule has 2 rings (SSSR count). The second kappa shape index (κ2) is 8.62. The summed E-state index contributed by atoms with van der Waals surface area (Å²) in [5.41, 5.74) is 0.831. The number of nitrogens with one attached hydrogen (secondary N) is 1. The summed E-state index contributed by atoms with van der Waals surface area (Å²) in [6, 6.07) is 13.4. The van der Waals surface area contributed by atoms with Crippen LogP contribution in [0.4, 0.5) is 4.39 Å². The molecule has 0 aliphatic rings. The second-order valence-electron chi connectivity index (χ2n) is 5.73. The molecule has 2 atom stereocenters. The summed E-state index contributed by atoms with van der Waals surface area (Å²) in [5.74, 6) is -2.03. The first-order valence-electron chi connectivity index (χ1n) is 7.87. The standard InChI is InChI=1S/C19H19ClFNO3/c1-12(14-6-4-3-5-7-14)11-22-18(23)13(2)25-19(24)16-9-8-15(20)10-17(16)21/h3-10,12-13H,11H2,1-2H3,(H,22,23)/t12-,13-/m0/s1. The predicted molar refractivity (Wildman–Crippen MR) is 94.2 cm³/mol. The molecule has 0 saturated carbocycles. The summed E-state index contributed by atoms with van der Waals surface area (Å²) < 4.78 is 18.7. The van der Waals surface area contributed by atoms with Crippen LogP contribution in [0.25, 0.3) is 0 Å². The van der Waals surface area contributed by atoms with Crippen molar-refractivity contribution in [2.75, 3.05) is 6.54 Å². The van der Waals surface area contributed by atoms with Gasteiger partial charge in [-0.25, -0.2) is 9.18 Å². The normalized spacial score (nSPS) is 13.0. The fourth-order valence-electron chi connectivity index (χ4n) is 2.23. The van der Waals surface area contributed by atoms with Crippen molar-refractivity contribution < 1.29 is 18.7 Å². The van der Waals surface area contributed by atoms with Gasteiger partial charge in [-0.3, -0.25) is 4.79 Å². The summed E-state index contributed by atoms with van der Waals surface area (Å²) in [5, 5.41) is 2.91. The minimum absolute atomic E-state index is 0.113. The number of amides is 1. The summed E-state index contributed by atoms with van der Waals surface area (Å²) in [7, 11) is 0. The van der Waals surface area contributed by atoms with E-state index in [0.29, 0.717) is 6.54 Å².